The van der Waals surface area contributed by atoms with Gasteiger partial charge in [0.2, 0.25) is 0 Å². The Hall–Kier alpha value is -3.16. The number of nitrogens with one attached hydrogen (secondary N) is 1. The van der Waals surface area contributed by atoms with Gasteiger partial charge in [0.25, 0.3) is 0 Å². The number of hydrogen-bond donors (Lipinski definition) is 1. The average Bonchev–Trinajstić information content (AvgIpc) is 3.41. The molecule has 0 aliphatic carbocycles. The van der Waals surface area contributed by atoms with Gasteiger partial charge in [-0.05, 0) is 38.0 Å². The summed E-state index contributed by atoms with van der Waals surface area (Å²) < 4.78 is 3.75. The van der Waals surface area contributed by atoms with E-state index in [9.17, 15) is 4.79 Å². The van der Waals surface area contributed by atoms with Crippen LogP contribution in [-0.2, 0) is 6.54 Å². The molecule has 27 heavy (non-hydrogen) atoms. The van der Waals surface area contributed by atoms with Crippen LogP contribution in [0.1, 0.15) is 29.4 Å². The zero-order chi connectivity index (χ0) is 18.8. The monoisotopic (exact) mass is 365 g/mol. The van der Waals surface area contributed by atoms with Crippen molar-refractivity contribution in [2.24, 2.45) is 0 Å². The highest BCUT2D eigenvalue weighted by Crippen LogP contribution is 2.23. The average molecular weight is 365 g/mol. The molecule has 2 amide bonds. The number of benzene rings is 1. The van der Waals surface area contributed by atoms with Gasteiger partial charge in [-0.2, -0.15) is 10.2 Å². The van der Waals surface area contributed by atoms with Crippen molar-refractivity contribution in [1.82, 2.24) is 34.8 Å². The van der Waals surface area contributed by atoms with E-state index in [4.69, 9.17) is 0 Å². The lowest BCUT2D eigenvalue weighted by Gasteiger charge is -2.19. The summed E-state index contributed by atoms with van der Waals surface area (Å²) in [5, 5.41) is 11.8. The number of para-hydroxylation sites is 1. The molecule has 4 rings (SSSR count). The molecule has 3 heterocycles. The summed E-state index contributed by atoms with van der Waals surface area (Å²) in [6, 6.07) is 10.1. The van der Waals surface area contributed by atoms with Crippen molar-refractivity contribution in [3.05, 3.63) is 59.9 Å². The fraction of sp³-hybridized carbons (Fsp3) is 0.368. The summed E-state index contributed by atoms with van der Waals surface area (Å²) in [5.41, 5.74) is 4.06. The maximum absolute atomic E-state index is 12.6. The quantitative estimate of drug-likeness (QED) is 0.769. The van der Waals surface area contributed by atoms with Crippen molar-refractivity contribution in [1.29, 1.82) is 0 Å². The predicted molar refractivity (Wildman–Crippen MR) is 101 cm³/mol. The highest BCUT2D eigenvalue weighted by Gasteiger charge is 2.28. The molecule has 1 fully saturated rings. The smallest absolute Gasteiger partial charge is 0.317 e. The maximum Gasteiger partial charge on any atom is 0.317 e. The number of hydrogen-bond acceptors (Lipinski definition) is 4. The van der Waals surface area contributed by atoms with Gasteiger partial charge in [0, 0.05) is 25.3 Å². The molecule has 1 aliphatic heterocycles. The Labute approximate surface area is 157 Å². The van der Waals surface area contributed by atoms with Crippen LogP contribution < -0.4 is 5.32 Å². The number of urea groups is 1. The van der Waals surface area contributed by atoms with Gasteiger partial charge in [-0.3, -0.25) is 4.68 Å². The first-order chi connectivity index (χ1) is 13.1. The Bertz CT molecular complexity index is 931. The standard InChI is InChI=1S/C19H23N7O/c1-14-9-15(2)26(23-14)17-7-8-24(11-17)19(27)21-10-16-5-3-4-6-18(16)25-13-20-12-22-25/h3-6,9,12-13,17H,7-8,10-11H2,1-2H3,(H,21,27). The molecule has 1 atom stereocenters. The molecule has 3 aromatic rings. The van der Waals surface area contributed by atoms with Crippen LogP contribution in [0.2, 0.25) is 0 Å². The van der Waals surface area contributed by atoms with Gasteiger partial charge in [0.05, 0.1) is 17.4 Å². The normalized spacial score (nSPS) is 16.7. The van der Waals surface area contributed by atoms with E-state index >= 15 is 0 Å². The second-order valence-electron chi connectivity index (χ2n) is 6.89. The number of carbonyl (C=O) groups is 1. The molecule has 1 aliphatic rings. The molecule has 1 unspecified atom stereocenters. The van der Waals surface area contributed by atoms with Gasteiger partial charge in [-0.25, -0.2) is 14.5 Å². The van der Waals surface area contributed by atoms with Crippen LogP contribution in [0.4, 0.5) is 4.79 Å². The summed E-state index contributed by atoms with van der Waals surface area (Å²) in [6.45, 7) is 5.91. The first-order valence-corrected chi connectivity index (χ1v) is 9.10. The van der Waals surface area contributed by atoms with E-state index in [1.165, 1.54) is 6.33 Å². The lowest BCUT2D eigenvalue weighted by atomic mass is 10.2. The first-order valence-electron chi connectivity index (χ1n) is 9.10. The fourth-order valence-electron chi connectivity index (χ4n) is 3.64. The van der Waals surface area contributed by atoms with Crippen LogP contribution in [0.3, 0.4) is 0 Å². The molecule has 1 saturated heterocycles. The minimum atomic E-state index is -0.0487. The summed E-state index contributed by atoms with van der Waals surface area (Å²) in [4.78, 5) is 18.5. The van der Waals surface area contributed by atoms with Crippen molar-refractivity contribution >= 4 is 6.03 Å². The summed E-state index contributed by atoms with van der Waals surface area (Å²) in [7, 11) is 0. The predicted octanol–water partition coefficient (Wildman–Crippen LogP) is 2.24. The minimum absolute atomic E-state index is 0.0487. The van der Waals surface area contributed by atoms with Gasteiger partial charge in [-0.1, -0.05) is 18.2 Å². The van der Waals surface area contributed by atoms with Crippen molar-refractivity contribution in [3.8, 4) is 5.69 Å². The van der Waals surface area contributed by atoms with Crippen LogP contribution in [0.25, 0.3) is 5.69 Å². The van der Waals surface area contributed by atoms with Crippen LogP contribution in [0, 0.1) is 13.8 Å². The van der Waals surface area contributed by atoms with Gasteiger partial charge in [0.15, 0.2) is 0 Å². The summed E-state index contributed by atoms with van der Waals surface area (Å²) >= 11 is 0. The molecule has 0 saturated carbocycles. The Morgan fingerprint density at radius 2 is 2.15 bits per heavy atom. The lowest BCUT2D eigenvalue weighted by molar-refractivity contribution is 0.206. The molecule has 140 valence electrons. The van der Waals surface area contributed by atoms with Crippen LogP contribution in [-0.4, -0.2) is 48.6 Å². The van der Waals surface area contributed by atoms with Crippen molar-refractivity contribution in [2.45, 2.75) is 32.9 Å². The molecule has 0 spiro atoms. The summed E-state index contributed by atoms with van der Waals surface area (Å²) in [5.74, 6) is 0. The van der Waals surface area contributed by atoms with E-state index in [1.54, 1.807) is 11.0 Å². The topological polar surface area (TPSA) is 80.9 Å². The fourth-order valence-corrected chi connectivity index (χ4v) is 3.64. The largest absolute Gasteiger partial charge is 0.334 e. The number of amides is 2. The number of carbonyl (C=O) groups excluding carboxylic acids is 1. The SMILES string of the molecule is Cc1cc(C)n(C2CCN(C(=O)NCc3ccccc3-n3cncn3)C2)n1. The minimum Gasteiger partial charge on any atom is -0.334 e. The Balaban J connectivity index is 1.39. The van der Waals surface area contributed by atoms with Crippen molar-refractivity contribution in [3.63, 3.8) is 0 Å². The molecular weight excluding hydrogens is 342 g/mol. The number of likely N-dealkylation sites (tertiary alicyclic amines) is 1. The van der Waals surface area contributed by atoms with E-state index in [0.717, 1.165) is 35.6 Å². The second-order valence-corrected chi connectivity index (χ2v) is 6.89. The maximum atomic E-state index is 12.6. The first kappa shape index (κ1) is 17.3. The van der Waals surface area contributed by atoms with E-state index in [-0.39, 0.29) is 12.1 Å². The Morgan fingerprint density at radius 1 is 1.30 bits per heavy atom. The third-order valence-electron chi connectivity index (χ3n) is 4.93. The number of aryl methyl sites for hydroxylation is 2. The van der Waals surface area contributed by atoms with Crippen molar-refractivity contribution in [2.75, 3.05) is 13.1 Å². The van der Waals surface area contributed by atoms with E-state index in [1.807, 2.05) is 40.8 Å². The molecule has 2 aromatic heterocycles. The van der Waals surface area contributed by atoms with Gasteiger partial charge >= 0.3 is 6.03 Å². The number of nitrogens with zero attached hydrogens (tertiary/aromatic N) is 6. The summed E-state index contributed by atoms with van der Waals surface area (Å²) in [6.07, 6.45) is 4.07. The highest BCUT2D eigenvalue weighted by atomic mass is 16.2. The van der Waals surface area contributed by atoms with E-state index in [0.29, 0.717) is 13.1 Å². The van der Waals surface area contributed by atoms with Crippen LogP contribution in [0.15, 0.2) is 43.0 Å². The van der Waals surface area contributed by atoms with Crippen LogP contribution in [0.5, 0.6) is 0 Å². The number of rotatable bonds is 4. The van der Waals surface area contributed by atoms with E-state index < -0.39 is 0 Å². The van der Waals surface area contributed by atoms with Crippen LogP contribution >= 0.6 is 0 Å². The third kappa shape index (κ3) is 3.55. The molecule has 0 bridgehead atoms. The molecule has 0 radical (unpaired) electrons. The Morgan fingerprint density at radius 3 is 2.89 bits per heavy atom. The zero-order valence-electron chi connectivity index (χ0n) is 15.5. The van der Waals surface area contributed by atoms with Gasteiger partial charge in [-0.15, -0.1) is 0 Å². The Kier molecular flexibility index (Phi) is 4.62. The molecule has 1 N–H and O–H groups in total. The molecule has 1 aromatic carbocycles. The lowest BCUT2D eigenvalue weighted by Crippen LogP contribution is -2.38. The number of aromatic nitrogens is 5. The third-order valence-corrected chi connectivity index (χ3v) is 4.93. The molecular formula is C19H23N7O. The molecule has 8 heteroatoms. The van der Waals surface area contributed by atoms with Gasteiger partial charge in [0.1, 0.15) is 12.7 Å². The second kappa shape index (κ2) is 7.22. The molecule has 8 nitrogen and oxygen atoms in total. The van der Waals surface area contributed by atoms with Crippen molar-refractivity contribution < 1.29 is 4.79 Å². The van der Waals surface area contributed by atoms with Gasteiger partial charge < -0.3 is 10.2 Å². The highest BCUT2D eigenvalue weighted by molar-refractivity contribution is 5.74. The zero-order valence-corrected chi connectivity index (χ0v) is 15.5. The van der Waals surface area contributed by atoms with E-state index in [2.05, 4.69) is 33.5 Å².